The van der Waals surface area contributed by atoms with Gasteiger partial charge in [0.1, 0.15) is 37.1 Å². The Kier molecular flexibility index (Phi) is 17.2. The molecule has 6 atom stereocenters. The second kappa shape index (κ2) is 24.8. The summed E-state index contributed by atoms with van der Waals surface area (Å²) in [6.07, 6.45) is -1.60. The van der Waals surface area contributed by atoms with Gasteiger partial charge in [-0.25, -0.2) is 41.7 Å². The molecule has 9 aromatic heterocycles. The van der Waals surface area contributed by atoms with E-state index in [9.17, 15) is 62.3 Å². The van der Waals surface area contributed by atoms with E-state index in [-0.39, 0.29) is 72.2 Å². The van der Waals surface area contributed by atoms with Crippen LogP contribution in [0.5, 0.6) is 0 Å². The van der Waals surface area contributed by atoms with Crippen molar-refractivity contribution in [1.29, 1.82) is 0 Å². The first-order chi connectivity index (χ1) is 43.2. The van der Waals surface area contributed by atoms with Gasteiger partial charge in [0.2, 0.25) is 0 Å². The molecule has 12 heterocycles. The highest BCUT2D eigenvalue weighted by molar-refractivity contribution is 7.90. The quantitative estimate of drug-likeness (QED) is 0.0769. The van der Waals surface area contributed by atoms with Crippen LogP contribution in [0.3, 0.4) is 0 Å². The van der Waals surface area contributed by atoms with Gasteiger partial charge in [0, 0.05) is 75.6 Å². The number of amides is 6. The first-order valence-electron chi connectivity index (χ1n) is 28.9. The number of rotatable bonds is 11. The van der Waals surface area contributed by atoms with Crippen LogP contribution in [0, 0.1) is 24.7 Å². The summed E-state index contributed by atoms with van der Waals surface area (Å²) in [5.74, 6) is 1.39. The number of urea groups is 3. The molecule has 5 N–H and O–H groups in total. The average Bonchev–Trinajstić information content (AvgIpc) is 1.62. The summed E-state index contributed by atoms with van der Waals surface area (Å²) >= 11 is 0. The SMILES string of the molecule is CCC1CN(C(=O)NCC(F)(F)F)CC1c1nnc2cnc3c(ccn3S(=O)(=O)c3ccc(C)cc3)n12.CC[C@@H]1CN(C(=O)NCC(F)(F)F)C[C@@H]1c1nnc2cnc3[nH]ccc3n12.CC[C@H]1CN(C(=O)NCC(F)(F)F)C[C@H]1c1nnc2cnc3[nH]ccc3n12. The lowest BCUT2D eigenvalue weighted by Crippen LogP contribution is -2.42. The molecule has 91 heavy (non-hydrogen) atoms. The maximum Gasteiger partial charge on any atom is 0.405 e. The molecule has 3 fully saturated rings. The summed E-state index contributed by atoms with van der Waals surface area (Å²) in [4.78, 5) is 60.0. The number of aromatic amines is 2. The zero-order valence-corrected chi connectivity index (χ0v) is 49.8. The number of carbonyl (C=O) groups is 3. The second-order valence-corrected chi connectivity index (χ2v) is 24.3. The monoisotopic (exact) mass is 1300 g/mol. The molecule has 10 aromatic rings. The number of carbonyl (C=O) groups excluding carboxylic acids is 3. The highest BCUT2D eigenvalue weighted by atomic mass is 32.2. The molecule has 3 aliphatic rings. The number of nitrogens with zero attached hydrogens (tertiary/aromatic N) is 16. The minimum Gasteiger partial charge on any atom is -0.345 e. The summed E-state index contributed by atoms with van der Waals surface area (Å²) < 4.78 is 145. The number of likely N-dealkylation sites (tertiary alicyclic amines) is 3. The zero-order chi connectivity index (χ0) is 64.9. The number of nitrogens with one attached hydrogen (secondary N) is 5. The Morgan fingerprint density at radius 2 is 0.868 bits per heavy atom. The number of halogens is 9. The number of aromatic nitrogens is 15. The molecule has 13 rings (SSSR count). The highest BCUT2D eigenvalue weighted by Crippen LogP contribution is 2.38. The third-order valence-corrected chi connectivity index (χ3v) is 18.3. The molecule has 0 spiro atoms. The summed E-state index contributed by atoms with van der Waals surface area (Å²) in [6, 6.07) is 9.60. The van der Waals surface area contributed by atoms with Crippen molar-refractivity contribution >= 4 is 78.5 Å². The minimum absolute atomic E-state index is 0.0781. The average molecular weight is 1300 g/mol. The Hall–Kier alpha value is -9.38. The topological polar surface area (TPSA) is 297 Å². The normalized spacial score (nSPS) is 19.9. The molecule has 0 radical (unpaired) electrons. The smallest absolute Gasteiger partial charge is 0.345 e. The van der Waals surface area contributed by atoms with E-state index in [0.29, 0.717) is 70.7 Å². The predicted molar refractivity (Wildman–Crippen MR) is 308 cm³/mol. The fourth-order valence-electron chi connectivity index (χ4n) is 12.1. The van der Waals surface area contributed by atoms with Gasteiger partial charge in [-0.3, -0.25) is 13.2 Å². The first-order valence-corrected chi connectivity index (χ1v) is 30.3. The summed E-state index contributed by atoms with van der Waals surface area (Å²) in [5, 5.41) is 31.3. The van der Waals surface area contributed by atoms with Gasteiger partial charge in [-0.05, 0) is 55.0 Å². The van der Waals surface area contributed by atoms with Gasteiger partial charge in [0.05, 0.1) is 40.0 Å². The molecular formula is C55H60F9N21O5S. The van der Waals surface area contributed by atoms with E-state index in [4.69, 9.17) is 0 Å². The lowest BCUT2D eigenvalue weighted by Gasteiger charge is -2.18. The van der Waals surface area contributed by atoms with Crippen molar-refractivity contribution in [3.63, 3.8) is 0 Å². The predicted octanol–water partition coefficient (Wildman–Crippen LogP) is 7.93. The number of fused-ring (bicyclic) bond motifs is 9. The van der Waals surface area contributed by atoms with E-state index in [2.05, 4.69) is 55.5 Å². The lowest BCUT2D eigenvalue weighted by atomic mass is 9.93. The lowest BCUT2D eigenvalue weighted by molar-refractivity contribution is -0.123. The summed E-state index contributed by atoms with van der Waals surface area (Å²) in [7, 11) is -3.93. The minimum atomic E-state index is -4.51. The molecule has 3 saturated heterocycles. The molecule has 36 heteroatoms. The molecule has 0 aliphatic carbocycles. The standard InChI is InChI=1S/C23H24F3N7O3S.2C16H18F3N7O/c1-3-15-11-31(22(34)28-13-23(24,25)26)12-17(15)20-30-29-19-10-27-21-18(33(19)20)8-9-32(21)37(35,36)16-6-4-14(2)5-7-16;2*1-2-9-6-25(15(27)22-8-16(17,18)19)7-10(9)14-24-23-12-5-21-13-11(26(12)14)3-4-20-13/h4-10,15,17H,3,11-13H2,1-2H3,(H,28,34);2*3-5,9-10,20H,2,6-8H2,1H3,(H,22,27)/t;2*9-,10+/m.10/s1. The first kappa shape index (κ1) is 63.2. The van der Waals surface area contributed by atoms with Gasteiger partial charge in [-0.2, -0.15) is 39.5 Å². The van der Waals surface area contributed by atoms with Crippen LogP contribution in [0.15, 0.2) is 84.5 Å². The Balaban J connectivity index is 0.000000143. The van der Waals surface area contributed by atoms with E-state index in [1.54, 1.807) is 47.4 Å². The maximum atomic E-state index is 13.3. The van der Waals surface area contributed by atoms with Gasteiger partial charge >= 0.3 is 36.6 Å². The van der Waals surface area contributed by atoms with Gasteiger partial charge in [0.15, 0.2) is 33.9 Å². The van der Waals surface area contributed by atoms with Crippen LogP contribution in [-0.4, -0.2) is 191 Å². The molecule has 484 valence electrons. The van der Waals surface area contributed by atoms with Crippen LogP contribution in [0.25, 0.3) is 50.4 Å². The van der Waals surface area contributed by atoms with Crippen molar-refractivity contribution in [3.05, 3.63) is 103 Å². The molecule has 0 bridgehead atoms. The highest BCUT2D eigenvalue weighted by Gasteiger charge is 2.43. The number of alkyl halides is 9. The Labute approximate surface area is 510 Å². The molecule has 26 nitrogen and oxygen atoms in total. The largest absolute Gasteiger partial charge is 0.405 e. The van der Waals surface area contributed by atoms with Gasteiger partial charge in [-0.15, -0.1) is 30.6 Å². The van der Waals surface area contributed by atoms with Crippen molar-refractivity contribution in [2.24, 2.45) is 17.8 Å². The Morgan fingerprint density at radius 3 is 1.23 bits per heavy atom. The number of hydrogen-bond donors (Lipinski definition) is 5. The number of hydrogen-bond acceptors (Lipinski definition) is 14. The molecular weight excluding hydrogens is 1240 g/mol. The van der Waals surface area contributed by atoms with E-state index in [0.717, 1.165) is 33.4 Å². The van der Waals surface area contributed by atoms with Crippen LogP contribution in [0.1, 0.15) is 80.8 Å². The van der Waals surface area contributed by atoms with E-state index < -0.39 is 66.3 Å². The van der Waals surface area contributed by atoms with Crippen molar-refractivity contribution in [3.8, 4) is 0 Å². The number of benzene rings is 1. The van der Waals surface area contributed by atoms with Gasteiger partial charge in [0.25, 0.3) is 10.0 Å². The summed E-state index contributed by atoms with van der Waals surface area (Å²) in [5.41, 5.74) is 6.16. The third kappa shape index (κ3) is 13.0. The molecule has 1 aromatic carbocycles. The second-order valence-electron chi connectivity index (χ2n) is 22.5. The van der Waals surface area contributed by atoms with Gasteiger partial charge < -0.3 is 40.6 Å². The molecule has 2 unspecified atom stereocenters. The van der Waals surface area contributed by atoms with Crippen molar-refractivity contribution in [2.45, 2.75) is 88.1 Å². The maximum absolute atomic E-state index is 13.3. The zero-order valence-electron chi connectivity index (χ0n) is 49.0. The molecule has 0 saturated carbocycles. The fraction of sp³-hybridized carbons (Fsp3) is 0.455. The molecule has 6 amide bonds. The number of H-pyrrole nitrogens is 2. The number of aryl methyl sites for hydroxylation is 1. The van der Waals surface area contributed by atoms with Gasteiger partial charge in [-0.1, -0.05) is 57.7 Å². The van der Waals surface area contributed by atoms with E-state index in [1.165, 1.54) is 39.2 Å². The van der Waals surface area contributed by atoms with Crippen LogP contribution in [0.2, 0.25) is 0 Å². The van der Waals surface area contributed by atoms with Crippen LogP contribution < -0.4 is 16.0 Å². The van der Waals surface area contributed by atoms with Crippen molar-refractivity contribution < 1.29 is 62.3 Å². The fourth-order valence-corrected chi connectivity index (χ4v) is 13.4. The van der Waals surface area contributed by atoms with Crippen LogP contribution in [0.4, 0.5) is 53.9 Å². The Morgan fingerprint density at radius 1 is 0.505 bits per heavy atom. The molecule has 3 aliphatic heterocycles. The summed E-state index contributed by atoms with van der Waals surface area (Å²) in [6.45, 7) is 5.42. The van der Waals surface area contributed by atoms with Crippen molar-refractivity contribution in [1.82, 2.24) is 103 Å². The van der Waals surface area contributed by atoms with Crippen LogP contribution in [-0.2, 0) is 10.0 Å². The van der Waals surface area contributed by atoms with E-state index in [1.807, 2.05) is 64.6 Å². The Bertz CT molecular complexity index is 4250. The van der Waals surface area contributed by atoms with E-state index >= 15 is 0 Å². The van der Waals surface area contributed by atoms with Crippen LogP contribution >= 0.6 is 0 Å². The third-order valence-electron chi connectivity index (χ3n) is 16.6. The van der Waals surface area contributed by atoms with Crippen molar-refractivity contribution in [2.75, 3.05) is 58.9 Å².